The van der Waals surface area contributed by atoms with Gasteiger partial charge in [-0.3, -0.25) is 4.99 Å². The Bertz CT molecular complexity index is 737. The summed E-state index contributed by atoms with van der Waals surface area (Å²) in [5, 5.41) is 10.5. The lowest BCUT2D eigenvalue weighted by atomic mass is 10.1. The molecule has 6 heteroatoms. The number of guanidine groups is 1. The Morgan fingerprint density at radius 1 is 1.25 bits per heavy atom. The maximum Gasteiger partial charge on any atom is 0.191 e. The number of nitrogens with zero attached hydrogens (tertiary/aromatic N) is 2. The van der Waals surface area contributed by atoms with Crippen LogP contribution in [0.15, 0.2) is 46.8 Å². The van der Waals surface area contributed by atoms with E-state index in [4.69, 9.17) is 4.74 Å². The molecule has 2 heterocycles. The predicted octanol–water partition coefficient (Wildman–Crippen LogP) is 4.12. The second-order valence-corrected chi connectivity index (χ2v) is 8.56. The average molecular weight is 401 g/mol. The van der Waals surface area contributed by atoms with Crippen molar-refractivity contribution in [2.75, 3.05) is 31.6 Å². The Balaban J connectivity index is 1.44. The summed E-state index contributed by atoms with van der Waals surface area (Å²) in [7, 11) is 1.83. The van der Waals surface area contributed by atoms with Crippen molar-refractivity contribution < 1.29 is 4.74 Å². The summed E-state index contributed by atoms with van der Waals surface area (Å²) in [5.74, 6) is 2.32. The Labute approximate surface area is 172 Å². The third kappa shape index (κ3) is 6.16. The number of nitrogens with one attached hydrogen (secondary N) is 2. The molecule has 3 rings (SSSR count). The van der Waals surface area contributed by atoms with Crippen molar-refractivity contribution >= 4 is 22.3 Å². The number of piperidine rings is 1. The molecule has 28 heavy (non-hydrogen) atoms. The quantitative estimate of drug-likeness (QED) is 0.542. The molecule has 1 aromatic carbocycles. The Kier molecular flexibility index (Phi) is 7.60. The zero-order chi connectivity index (χ0) is 19.8. The molecule has 0 amide bonds. The number of hydrogen-bond acceptors (Lipinski definition) is 4. The van der Waals surface area contributed by atoms with Crippen molar-refractivity contribution in [1.29, 1.82) is 0 Å². The molecule has 0 radical (unpaired) electrons. The van der Waals surface area contributed by atoms with Crippen LogP contribution in [0, 0.1) is 5.92 Å². The monoisotopic (exact) mass is 400 g/mol. The fourth-order valence-corrected chi connectivity index (χ4v) is 4.06. The SMILES string of the molecule is CN=C(NCc1cccc(OCC(C)C)c1)NC1CCN(c2cccs2)CC1. The van der Waals surface area contributed by atoms with Gasteiger partial charge in [0.1, 0.15) is 5.75 Å². The van der Waals surface area contributed by atoms with Crippen LogP contribution in [0.3, 0.4) is 0 Å². The van der Waals surface area contributed by atoms with Gasteiger partial charge in [0, 0.05) is 32.7 Å². The van der Waals surface area contributed by atoms with Crippen LogP contribution in [0.5, 0.6) is 5.75 Å². The van der Waals surface area contributed by atoms with E-state index in [0.717, 1.165) is 50.8 Å². The number of aliphatic imine (C=N–C) groups is 1. The minimum Gasteiger partial charge on any atom is -0.493 e. The molecule has 1 saturated heterocycles. The highest BCUT2D eigenvalue weighted by molar-refractivity contribution is 7.14. The normalized spacial score (nSPS) is 15.7. The second kappa shape index (κ2) is 10.4. The van der Waals surface area contributed by atoms with E-state index in [2.05, 4.69) is 64.0 Å². The third-order valence-electron chi connectivity index (χ3n) is 4.82. The molecule has 1 aromatic heterocycles. The second-order valence-electron chi connectivity index (χ2n) is 7.63. The summed E-state index contributed by atoms with van der Waals surface area (Å²) in [6, 6.07) is 13.1. The highest BCUT2D eigenvalue weighted by Gasteiger charge is 2.20. The third-order valence-corrected chi connectivity index (χ3v) is 5.75. The molecule has 0 bridgehead atoms. The van der Waals surface area contributed by atoms with E-state index in [1.165, 1.54) is 10.6 Å². The molecule has 0 spiro atoms. The maximum absolute atomic E-state index is 5.83. The number of thiophene rings is 1. The zero-order valence-electron chi connectivity index (χ0n) is 17.1. The van der Waals surface area contributed by atoms with Crippen molar-refractivity contribution in [3.8, 4) is 5.75 Å². The zero-order valence-corrected chi connectivity index (χ0v) is 18.0. The van der Waals surface area contributed by atoms with E-state index in [1.807, 2.05) is 30.5 Å². The lowest BCUT2D eigenvalue weighted by Crippen LogP contribution is -2.48. The number of ether oxygens (including phenoxy) is 1. The molecule has 5 nitrogen and oxygen atoms in total. The van der Waals surface area contributed by atoms with Gasteiger partial charge in [-0.25, -0.2) is 0 Å². The van der Waals surface area contributed by atoms with Crippen LogP contribution in [0.25, 0.3) is 0 Å². The van der Waals surface area contributed by atoms with Gasteiger partial charge in [0.05, 0.1) is 11.6 Å². The van der Waals surface area contributed by atoms with Gasteiger partial charge in [0.15, 0.2) is 5.96 Å². The molecule has 0 aliphatic carbocycles. The number of benzene rings is 1. The molecule has 2 N–H and O–H groups in total. The molecule has 0 atom stereocenters. The highest BCUT2D eigenvalue weighted by Crippen LogP contribution is 2.24. The van der Waals surface area contributed by atoms with Crippen molar-refractivity contribution in [3.63, 3.8) is 0 Å². The Morgan fingerprint density at radius 3 is 2.75 bits per heavy atom. The van der Waals surface area contributed by atoms with Gasteiger partial charge in [0.2, 0.25) is 0 Å². The van der Waals surface area contributed by atoms with Crippen LogP contribution in [0.4, 0.5) is 5.00 Å². The van der Waals surface area contributed by atoms with Crippen LogP contribution < -0.4 is 20.3 Å². The number of hydrogen-bond donors (Lipinski definition) is 2. The summed E-state index contributed by atoms with van der Waals surface area (Å²) >= 11 is 1.82. The lowest BCUT2D eigenvalue weighted by molar-refractivity contribution is 0.271. The largest absolute Gasteiger partial charge is 0.493 e. The Hall–Kier alpha value is -2.21. The van der Waals surface area contributed by atoms with Crippen molar-refractivity contribution in [1.82, 2.24) is 10.6 Å². The Morgan fingerprint density at radius 2 is 2.07 bits per heavy atom. The molecule has 0 saturated carbocycles. The predicted molar refractivity (Wildman–Crippen MR) is 120 cm³/mol. The van der Waals surface area contributed by atoms with Crippen LogP contribution in [0.2, 0.25) is 0 Å². The van der Waals surface area contributed by atoms with Crippen molar-refractivity contribution in [3.05, 3.63) is 47.3 Å². The lowest BCUT2D eigenvalue weighted by Gasteiger charge is -2.33. The summed E-state index contributed by atoms with van der Waals surface area (Å²) < 4.78 is 5.83. The van der Waals surface area contributed by atoms with Gasteiger partial charge in [-0.15, -0.1) is 11.3 Å². The standard InChI is InChI=1S/C22H32N4OS/c1-17(2)16-27-20-7-4-6-18(14-20)15-24-22(23-3)25-19-9-11-26(12-10-19)21-8-5-13-28-21/h4-8,13-14,17,19H,9-12,15-16H2,1-3H3,(H2,23,24,25). The van der Waals surface area contributed by atoms with Gasteiger partial charge in [-0.1, -0.05) is 26.0 Å². The average Bonchev–Trinajstić information content (AvgIpc) is 3.25. The van der Waals surface area contributed by atoms with E-state index in [0.29, 0.717) is 12.0 Å². The molecule has 152 valence electrons. The van der Waals surface area contributed by atoms with E-state index >= 15 is 0 Å². The van der Waals surface area contributed by atoms with E-state index < -0.39 is 0 Å². The van der Waals surface area contributed by atoms with Gasteiger partial charge in [0.25, 0.3) is 0 Å². The van der Waals surface area contributed by atoms with Crippen LogP contribution in [-0.4, -0.2) is 38.7 Å². The van der Waals surface area contributed by atoms with Crippen molar-refractivity contribution in [2.24, 2.45) is 10.9 Å². The first-order valence-corrected chi connectivity index (χ1v) is 11.0. The summed E-state index contributed by atoms with van der Waals surface area (Å²) in [4.78, 5) is 6.87. The smallest absolute Gasteiger partial charge is 0.191 e. The van der Waals surface area contributed by atoms with Crippen LogP contribution in [0.1, 0.15) is 32.3 Å². The number of rotatable bonds is 7. The fraction of sp³-hybridized carbons (Fsp3) is 0.500. The van der Waals surface area contributed by atoms with Gasteiger partial charge in [-0.05, 0) is 54.0 Å². The molecule has 1 fully saturated rings. The maximum atomic E-state index is 5.83. The van der Waals surface area contributed by atoms with E-state index in [1.54, 1.807) is 0 Å². The first-order chi connectivity index (χ1) is 13.6. The molecule has 0 unspecified atom stereocenters. The molecular weight excluding hydrogens is 368 g/mol. The molecule has 1 aliphatic rings. The van der Waals surface area contributed by atoms with E-state index in [-0.39, 0.29) is 0 Å². The topological polar surface area (TPSA) is 48.9 Å². The fourth-order valence-electron chi connectivity index (χ4n) is 3.28. The first-order valence-electron chi connectivity index (χ1n) is 10.1. The van der Waals surface area contributed by atoms with Crippen LogP contribution in [-0.2, 0) is 6.54 Å². The van der Waals surface area contributed by atoms with Gasteiger partial charge >= 0.3 is 0 Å². The summed E-state index contributed by atoms with van der Waals surface area (Å²) in [6.45, 7) is 7.96. The van der Waals surface area contributed by atoms with Crippen molar-refractivity contribution in [2.45, 2.75) is 39.3 Å². The van der Waals surface area contributed by atoms with Crippen LogP contribution >= 0.6 is 11.3 Å². The first kappa shape index (κ1) is 20.5. The van der Waals surface area contributed by atoms with E-state index in [9.17, 15) is 0 Å². The summed E-state index contributed by atoms with van der Waals surface area (Å²) in [5.41, 5.74) is 1.19. The highest BCUT2D eigenvalue weighted by atomic mass is 32.1. The van der Waals surface area contributed by atoms with Gasteiger partial charge in [-0.2, -0.15) is 0 Å². The number of anilines is 1. The molecule has 1 aliphatic heterocycles. The minimum absolute atomic E-state index is 0.461. The van der Waals surface area contributed by atoms with Gasteiger partial charge < -0.3 is 20.3 Å². The summed E-state index contributed by atoms with van der Waals surface area (Å²) in [6.07, 6.45) is 2.24. The molecule has 2 aromatic rings. The minimum atomic E-state index is 0.461. The molecular formula is C22H32N4OS.